The minimum Gasteiger partial charge on any atom is -0.375 e. The highest BCUT2D eigenvalue weighted by atomic mass is 32.1. The van der Waals surface area contributed by atoms with Gasteiger partial charge in [-0.3, -0.25) is 31.3 Å². The van der Waals surface area contributed by atoms with Crippen LogP contribution in [-0.4, -0.2) is 22.0 Å². The number of hydrogen-bond donors (Lipinski definition) is 7. The molecule has 1 aromatic rings. The number of dihydropyridines is 1. The number of allylic oxidation sites excluding steroid dienone is 2. The first-order valence-electron chi connectivity index (χ1n) is 8.17. The molecule has 9 N–H and O–H groups in total. The second-order valence-corrected chi connectivity index (χ2v) is 6.81. The van der Waals surface area contributed by atoms with Gasteiger partial charge in [0, 0.05) is 28.5 Å². The van der Waals surface area contributed by atoms with E-state index in [4.69, 9.17) is 35.9 Å². The highest BCUT2D eigenvalue weighted by Crippen LogP contribution is 2.37. The smallest absolute Gasteiger partial charge is 0.268 e. The van der Waals surface area contributed by atoms with Crippen LogP contribution in [0.4, 0.5) is 0 Å². The minimum atomic E-state index is -0.649. The summed E-state index contributed by atoms with van der Waals surface area (Å²) >= 11 is 9.45. The lowest BCUT2D eigenvalue weighted by atomic mass is 9.80. The number of amides is 2. The number of nitrogens with two attached hydrogens (primary N) is 2. The summed E-state index contributed by atoms with van der Waals surface area (Å²) in [6.07, 6.45) is 0. The molecule has 0 saturated carbocycles. The monoisotopic (exact) mass is 419 g/mol. The van der Waals surface area contributed by atoms with E-state index < -0.39 is 17.7 Å². The Balaban J connectivity index is 2.50. The third-order valence-electron chi connectivity index (χ3n) is 3.98. The summed E-state index contributed by atoms with van der Waals surface area (Å²) in [5.41, 5.74) is 23.1. The highest BCUT2D eigenvalue weighted by Gasteiger charge is 2.36. The van der Waals surface area contributed by atoms with E-state index in [1.54, 1.807) is 13.8 Å². The van der Waals surface area contributed by atoms with Crippen LogP contribution in [0.15, 0.2) is 52.9 Å². The number of carbonyl (C=O) groups excluding carboxylic acids is 2. The number of nitrogens with one attached hydrogen (secondary N) is 5. The summed E-state index contributed by atoms with van der Waals surface area (Å²) in [7, 11) is 0. The van der Waals surface area contributed by atoms with Crippen molar-refractivity contribution in [2.24, 2.45) is 11.5 Å². The molecule has 2 rings (SSSR count). The van der Waals surface area contributed by atoms with Gasteiger partial charge in [-0.05, 0) is 43.8 Å². The van der Waals surface area contributed by atoms with Crippen LogP contribution in [0.3, 0.4) is 0 Å². The van der Waals surface area contributed by atoms with E-state index in [0.717, 1.165) is 5.56 Å². The maximum Gasteiger partial charge on any atom is 0.268 e. The SMILES string of the molecule is CC1=C(C(=O)NNC(N)=S)C(c2ccccc2)C(C(=O)NNC(N)=S)=C(C)N1. The molecule has 148 valence electrons. The Kier molecular flexibility index (Phi) is 6.90. The molecule has 9 nitrogen and oxygen atoms in total. The van der Waals surface area contributed by atoms with Gasteiger partial charge in [-0.1, -0.05) is 30.3 Å². The fourth-order valence-electron chi connectivity index (χ4n) is 2.95. The molecule has 1 aliphatic rings. The van der Waals surface area contributed by atoms with E-state index >= 15 is 0 Å². The predicted molar refractivity (Wildman–Crippen MR) is 114 cm³/mol. The van der Waals surface area contributed by atoms with Gasteiger partial charge >= 0.3 is 0 Å². The van der Waals surface area contributed by atoms with Gasteiger partial charge in [0.2, 0.25) is 0 Å². The molecule has 0 unspecified atom stereocenters. The summed E-state index contributed by atoms with van der Waals surface area (Å²) in [6, 6.07) is 9.17. The molecule has 11 heteroatoms. The van der Waals surface area contributed by atoms with Gasteiger partial charge < -0.3 is 16.8 Å². The van der Waals surface area contributed by atoms with E-state index in [2.05, 4.69) is 27.0 Å². The van der Waals surface area contributed by atoms with Gasteiger partial charge in [-0.2, -0.15) is 0 Å². The number of hydrazine groups is 2. The maximum atomic E-state index is 12.8. The molecule has 1 aromatic carbocycles. The number of hydrogen-bond acceptors (Lipinski definition) is 5. The van der Waals surface area contributed by atoms with E-state index in [0.29, 0.717) is 22.5 Å². The molecule has 0 spiro atoms. The number of thiocarbonyl (C=S) groups is 2. The van der Waals surface area contributed by atoms with Crippen molar-refractivity contribution in [2.75, 3.05) is 0 Å². The van der Waals surface area contributed by atoms with Crippen LogP contribution in [-0.2, 0) is 9.59 Å². The van der Waals surface area contributed by atoms with Crippen molar-refractivity contribution >= 4 is 46.5 Å². The van der Waals surface area contributed by atoms with Gasteiger partial charge in [0.1, 0.15) is 0 Å². The summed E-state index contributed by atoms with van der Waals surface area (Å²) in [4.78, 5) is 25.7. The van der Waals surface area contributed by atoms with Crippen molar-refractivity contribution in [1.29, 1.82) is 0 Å². The third kappa shape index (κ3) is 4.96. The van der Waals surface area contributed by atoms with Crippen molar-refractivity contribution in [3.63, 3.8) is 0 Å². The largest absolute Gasteiger partial charge is 0.375 e. The van der Waals surface area contributed by atoms with Crippen LogP contribution in [0, 0.1) is 0 Å². The number of rotatable bonds is 3. The summed E-state index contributed by atoms with van der Waals surface area (Å²) < 4.78 is 0. The van der Waals surface area contributed by atoms with Crippen LogP contribution < -0.4 is 38.5 Å². The highest BCUT2D eigenvalue weighted by molar-refractivity contribution is 7.80. The van der Waals surface area contributed by atoms with E-state index in [1.807, 2.05) is 30.3 Å². The molecule has 0 saturated heterocycles. The van der Waals surface area contributed by atoms with E-state index in [9.17, 15) is 9.59 Å². The Bertz CT molecular complexity index is 829. The molecule has 0 aliphatic carbocycles. The van der Waals surface area contributed by atoms with Crippen molar-refractivity contribution < 1.29 is 9.59 Å². The van der Waals surface area contributed by atoms with Crippen LogP contribution in [0.1, 0.15) is 25.3 Å². The summed E-state index contributed by atoms with van der Waals surface area (Å²) in [5, 5.41) is 2.90. The van der Waals surface area contributed by atoms with Gasteiger partial charge in [-0.25, -0.2) is 0 Å². The molecule has 1 aliphatic heterocycles. The van der Waals surface area contributed by atoms with Crippen molar-refractivity contribution in [1.82, 2.24) is 27.0 Å². The first-order chi connectivity index (χ1) is 13.2. The maximum absolute atomic E-state index is 12.8. The summed E-state index contributed by atoms with van der Waals surface area (Å²) in [5.74, 6) is -1.61. The second kappa shape index (κ2) is 9.15. The molecular weight excluding hydrogens is 398 g/mol. The molecule has 2 amide bonds. The van der Waals surface area contributed by atoms with Gasteiger partial charge in [0.15, 0.2) is 10.2 Å². The van der Waals surface area contributed by atoms with Gasteiger partial charge in [0.25, 0.3) is 11.8 Å². The van der Waals surface area contributed by atoms with Crippen LogP contribution in [0.25, 0.3) is 0 Å². The second-order valence-electron chi connectivity index (χ2n) is 5.93. The zero-order valence-corrected chi connectivity index (χ0v) is 16.9. The Morgan fingerprint density at radius 1 is 0.857 bits per heavy atom. The van der Waals surface area contributed by atoms with Gasteiger partial charge in [0.05, 0.1) is 0 Å². The molecule has 0 atom stereocenters. The molecule has 0 bridgehead atoms. The molecule has 0 fully saturated rings. The quantitative estimate of drug-likeness (QED) is 0.258. The molecule has 0 radical (unpaired) electrons. The Hall–Kier alpha value is -3.18. The van der Waals surface area contributed by atoms with Crippen molar-refractivity contribution in [2.45, 2.75) is 19.8 Å². The first-order valence-corrected chi connectivity index (χ1v) is 8.99. The number of benzene rings is 1. The topological polar surface area (TPSA) is 146 Å². The molecule has 28 heavy (non-hydrogen) atoms. The first kappa shape index (κ1) is 21.1. The third-order valence-corrected chi connectivity index (χ3v) is 4.19. The van der Waals surface area contributed by atoms with Crippen LogP contribution >= 0.6 is 24.4 Å². The average molecular weight is 420 g/mol. The molecule has 0 aromatic heterocycles. The lowest BCUT2D eigenvalue weighted by molar-refractivity contribution is -0.118. The lowest BCUT2D eigenvalue weighted by Crippen LogP contribution is -2.49. The zero-order valence-electron chi connectivity index (χ0n) is 15.3. The molecule has 1 heterocycles. The van der Waals surface area contributed by atoms with Crippen LogP contribution in [0.5, 0.6) is 0 Å². The fraction of sp³-hybridized carbons (Fsp3) is 0.176. The van der Waals surface area contributed by atoms with E-state index in [-0.39, 0.29) is 10.2 Å². The lowest BCUT2D eigenvalue weighted by Gasteiger charge is -2.31. The average Bonchev–Trinajstić information content (AvgIpc) is 2.64. The predicted octanol–water partition coefficient (Wildman–Crippen LogP) is -0.350. The Labute approximate surface area is 172 Å². The van der Waals surface area contributed by atoms with Gasteiger partial charge in [-0.15, -0.1) is 0 Å². The molecular formula is C17H21N7O2S2. The van der Waals surface area contributed by atoms with E-state index in [1.165, 1.54) is 0 Å². The Morgan fingerprint density at radius 3 is 1.68 bits per heavy atom. The standard InChI is InChI=1S/C17H21N7O2S2/c1-8-11(14(25)21-23-16(18)27)13(10-6-4-3-5-7-10)12(9(2)20-8)15(26)22-24-17(19)28/h3-7,13,20H,1-2H3,(H,21,25)(H,22,26)(H3,18,23,27)(H3,19,24,28). The minimum absolute atomic E-state index is 0.0861. The zero-order chi connectivity index (χ0) is 20.8. The Morgan fingerprint density at radius 2 is 1.29 bits per heavy atom. The van der Waals surface area contributed by atoms with Crippen molar-refractivity contribution in [3.05, 3.63) is 58.4 Å². The number of carbonyl (C=O) groups is 2. The summed E-state index contributed by atoms with van der Waals surface area (Å²) in [6.45, 7) is 3.49. The normalized spacial score (nSPS) is 14.1. The fourth-order valence-corrected chi connectivity index (χ4v) is 3.05. The van der Waals surface area contributed by atoms with Crippen molar-refractivity contribution in [3.8, 4) is 0 Å². The van der Waals surface area contributed by atoms with Crippen LogP contribution in [0.2, 0.25) is 0 Å².